The Morgan fingerprint density at radius 1 is 1.29 bits per heavy atom. The number of aromatic amines is 1. The van der Waals surface area contributed by atoms with Gasteiger partial charge in [-0.3, -0.25) is 9.59 Å². The van der Waals surface area contributed by atoms with Crippen LogP contribution in [0.25, 0.3) is 10.8 Å². The van der Waals surface area contributed by atoms with Crippen molar-refractivity contribution in [3.63, 3.8) is 0 Å². The Balaban J connectivity index is 2.83. The SMILES string of the molecule is NC(=O)c1ccc2cc[nH]c(=O)c2c1. The third-order valence-corrected chi connectivity index (χ3v) is 2.06. The molecule has 2 aromatic rings. The number of nitrogens with two attached hydrogens (primary N) is 1. The van der Waals surface area contributed by atoms with Gasteiger partial charge < -0.3 is 10.7 Å². The van der Waals surface area contributed by atoms with E-state index in [2.05, 4.69) is 4.98 Å². The van der Waals surface area contributed by atoms with Gasteiger partial charge in [-0.2, -0.15) is 0 Å². The molecule has 0 saturated heterocycles. The lowest BCUT2D eigenvalue weighted by Gasteiger charge is -1.98. The summed E-state index contributed by atoms with van der Waals surface area (Å²) < 4.78 is 0. The molecule has 0 bridgehead atoms. The van der Waals surface area contributed by atoms with Crippen molar-refractivity contribution in [3.05, 3.63) is 46.4 Å². The van der Waals surface area contributed by atoms with Gasteiger partial charge in [-0.25, -0.2) is 0 Å². The number of carbonyl (C=O) groups is 1. The van der Waals surface area contributed by atoms with Crippen LogP contribution in [0.4, 0.5) is 0 Å². The van der Waals surface area contributed by atoms with Gasteiger partial charge >= 0.3 is 0 Å². The van der Waals surface area contributed by atoms with E-state index < -0.39 is 5.91 Å². The fourth-order valence-electron chi connectivity index (χ4n) is 1.34. The molecule has 1 amide bonds. The Morgan fingerprint density at radius 3 is 2.79 bits per heavy atom. The summed E-state index contributed by atoms with van der Waals surface area (Å²) in [6.07, 6.45) is 1.56. The normalized spacial score (nSPS) is 10.3. The van der Waals surface area contributed by atoms with Crippen LogP contribution in [0, 0.1) is 0 Å². The summed E-state index contributed by atoms with van der Waals surface area (Å²) >= 11 is 0. The lowest BCUT2D eigenvalue weighted by Crippen LogP contribution is -2.12. The minimum Gasteiger partial charge on any atom is -0.366 e. The minimum absolute atomic E-state index is 0.217. The number of pyridine rings is 1. The van der Waals surface area contributed by atoms with Crippen molar-refractivity contribution < 1.29 is 4.79 Å². The zero-order valence-corrected chi connectivity index (χ0v) is 7.28. The van der Waals surface area contributed by atoms with Crippen LogP contribution in [0.3, 0.4) is 0 Å². The van der Waals surface area contributed by atoms with Gasteiger partial charge in [-0.15, -0.1) is 0 Å². The summed E-state index contributed by atoms with van der Waals surface area (Å²) in [4.78, 5) is 24.7. The van der Waals surface area contributed by atoms with E-state index in [1.165, 1.54) is 6.07 Å². The molecule has 1 aromatic heterocycles. The van der Waals surface area contributed by atoms with E-state index in [1.807, 2.05) is 0 Å². The van der Waals surface area contributed by atoms with Gasteiger partial charge in [0.25, 0.3) is 5.56 Å². The predicted octanol–water partition coefficient (Wildman–Crippen LogP) is 0.627. The number of amides is 1. The number of carbonyl (C=O) groups excluding carboxylic acids is 1. The van der Waals surface area contributed by atoms with E-state index >= 15 is 0 Å². The standard InChI is InChI=1S/C10H8N2O2/c11-9(13)7-2-1-6-3-4-12-10(14)8(6)5-7/h1-5H,(H2,11,13)(H,12,14). The monoisotopic (exact) mass is 188 g/mol. The van der Waals surface area contributed by atoms with Crippen LogP contribution in [0.5, 0.6) is 0 Å². The molecular weight excluding hydrogens is 180 g/mol. The number of rotatable bonds is 1. The molecule has 0 aliphatic carbocycles. The van der Waals surface area contributed by atoms with E-state index in [9.17, 15) is 9.59 Å². The third kappa shape index (κ3) is 1.26. The van der Waals surface area contributed by atoms with E-state index in [1.54, 1.807) is 24.4 Å². The highest BCUT2D eigenvalue weighted by atomic mass is 16.1. The fraction of sp³-hybridized carbons (Fsp3) is 0. The average Bonchev–Trinajstić information content (AvgIpc) is 2.18. The van der Waals surface area contributed by atoms with Crippen molar-refractivity contribution in [1.29, 1.82) is 0 Å². The number of benzene rings is 1. The summed E-state index contributed by atoms with van der Waals surface area (Å²) in [5.41, 5.74) is 5.23. The highest BCUT2D eigenvalue weighted by molar-refractivity contribution is 5.97. The molecule has 0 aliphatic heterocycles. The highest BCUT2D eigenvalue weighted by Gasteiger charge is 2.03. The quantitative estimate of drug-likeness (QED) is 0.688. The predicted molar refractivity (Wildman–Crippen MR) is 53.1 cm³/mol. The van der Waals surface area contributed by atoms with Gasteiger partial charge in [0.05, 0.1) is 0 Å². The highest BCUT2D eigenvalue weighted by Crippen LogP contribution is 2.10. The second-order valence-electron chi connectivity index (χ2n) is 2.97. The van der Waals surface area contributed by atoms with Crippen LogP contribution in [-0.2, 0) is 0 Å². The molecule has 0 saturated carbocycles. The van der Waals surface area contributed by atoms with Crippen LogP contribution in [0.2, 0.25) is 0 Å². The average molecular weight is 188 g/mol. The summed E-state index contributed by atoms with van der Waals surface area (Å²) in [5, 5.41) is 1.27. The number of nitrogens with one attached hydrogen (secondary N) is 1. The van der Waals surface area contributed by atoms with Crippen molar-refractivity contribution in [3.8, 4) is 0 Å². The van der Waals surface area contributed by atoms with Crippen molar-refractivity contribution in [2.75, 3.05) is 0 Å². The molecule has 0 unspecified atom stereocenters. The first-order valence-corrected chi connectivity index (χ1v) is 4.10. The second-order valence-corrected chi connectivity index (χ2v) is 2.97. The molecule has 0 aliphatic rings. The van der Waals surface area contributed by atoms with E-state index in [0.717, 1.165) is 5.39 Å². The first-order valence-electron chi connectivity index (χ1n) is 4.10. The van der Waals surface area contributed by atoms with Crippen LogP contribution in [-0.4, -0.2) is 10.9 Å². The summed E-state index contributed by atoms with van der Waals surface area (Å²) in [7, 11) is 0. The van der Waals surface area contributed by atoms with Gasteiger partial charge in [0.2, 0.25) is 5.91 Å². The smallest absolute Gasteiger partial charge is 0.255 e. The first-order chi connectivity index (χ1) is 6.68. The van der Waals surface area contributed by atoms with Gasteiger partial charge in [0.1, 0.15) is 0 Å². The molecule has 1 aromatic carbocycles. The lowest BCUT2D eigenvalue weighted by atomic mass is 10.1. The first kappa shape index (κ1) is 8.50. The molecule has 2 rings (SSSR count). The molecule has 0 radical (unpaired) electrons. The van der Waals surface area contributed by atoms with Gasteiger partial charge in [-0.05, 0) is 23.6 Å². The molecule has 4 heteroatoms. The molecule has 4 nitrogen and oxygen atoms in total. The van der Waals surface area contributed by atoms with Gasteiger partial charge in [-0.1, -0.05) is 6.07 Å². The molecule has 14 heavy (non-hydrogen) atoms. The summed E-state index contributed by atoms with van der Waals surface area (Å²) in [6, 6.07) is 6.56. The van der Waals surface area contributed by atoms with Crippen molar-refractivity contribution in [1.82, 2.24) is 4.98 Å². The number of hydrogen-bond acceptors (Lipinski definition) is 2. The Bertz CT molecular complexity index is 557. The zero-order valence-electron chi connectivity index (χ0n) is 7.28. The van der Waals surface area contributed by atoms with E-state index in [-0.39, 0.29) is 5.56 Å². The molecule has 3 N–H and O–H groups in total. The molecule has 0 spiro atoms. The van der Waals surface area contributed by atoms with Crippen molar-refractivity contribution >= 4 is 16.7 Å². The number of primary amides is 1. The molecule has 70 valence electrons. The van der Waals surface area contributed by atoms with Crippen molar-refractivity contribution in [2.24, 2.45) is 5.73 Å². The Hall–Kier alpha value is -2.10. The number of aromatic nitrogens is 1. The van der Waals surface area contributed by atoms with Crippen LogP contribution >= 0.6 is 0 Å². The zero-order chi connectivity index (χ0) is 10.1. The maximum atomic E-state index is 11.3. The van der Waals surface area contributed by atoms with Crippen molar-refractivity contribution in [2.45, 2.75) is 0 Å². The maximum Gasteiger partial charge on any atom is 0.255 e. The summed E-state index contributed by atoms with van der Waals surface area (Å²) in [6.45, 7) is 0. The fourth-order valence-corrected chi connectivity index (χ4v) is 1.34. The largest absolute Gasteiger partial charge is 0.366 e. The summed E-state index contributed by atoms with van der Waals surface area (Å²) in [5.74, 6) is -0.532. The van der Waals surface area contributed by atoms with E-state index in [4.69, 9.17) is 5.73 Å². The molecule has 0 atom stereocenters. The Kier molecular flexibility index (Phi) is 1.81. The number of hydrogen-bond donors (Lipinski definition) is 2. The van der Waals surface area contributed by atoms with Gasteiger partial charge in [0, 0.05) is 17.1 Å². The van der Waals surface area contributed by atoms with E-state index in [0.29, 0.717) is 10.9 Å². The molecular formula is C10H8N2O2. The van der Waals surface area contributed by atoms with Crippen LogP contribution in [0.1, 0.15) is 10.4 Å². The Labute approximate surface area is 79.4 Å². The van der Waals surface area contributed by atoms with Gasteiger partial charge in [0.15, 0.2) is 0 Å². The molecule has 0 fully saturated rings. The lowest BCUT2D eigenvalue weighted by molar-refractivity contribution is 0.100. The third-order valence-electron chi connectivity index (χ3n) is 2.06. The number of H-pyrrole nitrogens is 1. The Morgan fingerprint density at radius 2 is 2.07 bits per heavy atom. The minimum atomic E-state index is -0.532. The maximum absolute atomic E-state index is 11.3. The second kappa shape index (κ2) is 2.99. The topological polar surface area (TPSA) is 76.0 Å². The van der Waals surface area contributed by atoms with Crippen LogP contribution < -0.4 is 11.3 Å². The number of fused-ring (bicyclic) bond motifs is 1. The molecule has 1 heterocycles. The van der Waals surface area contributed by atoms with Crippen LogP contribution in [0.15, 0.2) is 35.3 Å².